The van der Waals surface area contributed by atoms with Crippen LogP contribution < -0.4 is 4.74 Å². The van der Waals surface area contributed by atoms with E-state index < -0.39 is 0 Å². The van der Waals surface area contributed by atoms with Gasteiger partial charge in [-0.3, -0.25) is 0 Å². The van der Waals surface area contributed by atoms with Gasteiger partial charge >= 0.3 is 0 Å². The predicted octanol–water partition coefficient (Wildman–Crippen LogP) is 2.49. The Labute approximate surface area is 128 Å². The van der Waals surface area contributed by atoms with Crippen molar-refractivity contribution < 1.29 is 9.84 Å². The van der Waals surface area contributed by atoms with Crippen molar-refractivity contribution in [3.63, 3.8) is 0 Å². The molecule has 1 N–H and O–H groups in total. The summed E-state index contributed by atoms with van der Waals surface area (Å²) in [7, 11) is 1.63. The lowest BCUT2D eigenvalue weighted by molar-refractivity contribution is 0.277. The fourth-order valence-corrected chi connectivity index (χ4v) is 2.41. The van der Waals surface area contributed by atoms with Gasteiger partial charge in [0.25, 0.3) is 0 Å². The molecule has 0 amide bonds. The molecule has 22 heavy (non-hydrogen) atoms. The minimum atomic E-state index is -0.151. The van der Waals surface area contributed by atoms with Gasteiger partial charge in [0.15, 0.2) is 0 Å². The van der Waals surface area contributed by atoms with E-state index in [1.807, 2.05) is 54.6 Å². The van der Waals surface area contributed by atoms with Crippen molar-refractivity contribution in [2.45, 2.75) is 13.2 Å². The zero-order chi connectivity index (χ0) is 15.4. The van der Waals surface area contributed by atoms with Gasteiger partial charge in [-0.1, -0.05) is 47.7 Å². The predicted molar refractivity (Wildman–Crippen MR) is 83.5 cm³/mol. The van der Waals surface area contributed by atoms with Gasteiger partial charge in [0.2, 0.25) is 0 Å². The molecule has 0 unspecified atom stereocenters. The monoisotopic (exact) mass is 295 g/mol. The second-order valence-electron chi connectivity index (χ2n) is 4.92. The first-order valence-electron chi connectivity index (χ1n) is 7.03. The van der Waals surface area contributed by atoms with Crippen molar-refractivity contribution in [2.24, 2.45) is 0 Å². The summed E-state index contributed by atoms with van der Waals surface area (Å²) >= 11 is 0. The molecule has 3 rings (SSSR count). The summed E-state index contributed by atoms with van der Waals surface area (Å²) in [4.78, 5) is 0. The van der Waals surface area contributed by atoms with Gasteiger partial charge in [0.05, 0.1) is 26.0 Å². The number of aliphatic hydroxyl groups is 1. The van der Waals surface area contributed by atoms with Crippen LogP contribution in [0, 0.1) is 0 Å². The number of hydrogen-bond donors (Lipinski definition) is 1. The summed E-state index contributed by atoms with van der Waals surface area (Å²) in [5.74, 6) is 0.758. The van der Waals surface area contributed by atoms with Crippen molar-refractivity contribution in [2.75, 3.05) is 7.11 Å². The third kappa shape index (κ3) is 2.84. The minimum Gasteiger partial charge on any atom is -0.497 e. The number of aromatic nitrogens is 3. The van der Waals surface area contributed by atoms with E-state index in [0.29, 0.717) is 12.2 Å². The number of methoxy groups -OCH3 is 1. The molecule has 0 aliphatic rings. The summed E-state index contributed by atoms with van der Waals surface area (Å²) in [6.45, 7) is 0.446. The second-order valence-corrected chi connectivity index (χ2v) is 4.92. The largest absolute Gasteiger partial charge is 0.497 e. The third-order valence-electron chi connectivity index (χ3n) is 3.47. The normalized spacial score (nSPS) is 10.6. The molecule has 0 aliphatic carbocycles. The average Bonchev–Trinajstić information content (AvgIpc) is 2.98. The number of rotatable bonds is 5. The topological polar surface area (TPSA) is 60.2 Å². The van der Waals surface area contributed by atoms with Gasteiger partial charge < -0.3 is 9.84 Å². The number of aliphatic hydroxyl groups excluding tert-OH is 1. The van der Waals surface area contributed by atoms with Gasteiger partial charge in [0, 0.05) is 5.56 Å². The molecule has 5 nitrogen and oxygen atoms in total. The van der Waals surface area contributed by atoms with E-state index in [1.54, 1.807) is 11.8 Å². The van der Waals surface area contributed by atoms with Gasteiger partial charge in [-0.25, -0.2) is 4.68 Å². The Hall–Kier alpha value is -2.66. The first-order valence-corrected chi connectivity index (χ1v) is 7.03. The fourth-order valence-electron chi connectivity index (χ4n) is 2.41. The molecule has 0 fully saturated rings. The van der Waals surface area contributed by atoms with Crippen LogP contribution in [0.3, 0.4) is 0 Å². The summed E-state index contributed by atoms with van der Waals surface area (Å²) in [5.41, 5.74) is 3.42. The molecule has 0 saturated heterocycles. The molecule has 2 aromatic carbocycles. The Balaban J connectivity index is 2.03. The van der Waals surface area contributed by atoms with Crippen LogP contribution in [0.1, 0.15) is 11.3 Å². The molecule has 112 valence electrons. The van der Waals surface area contributed by atoms with E-state index >= 15 is 0 Å². The van der Waals surface area contributed by atoms with E-state index in [1.165, 1.54) is 0 Å². The zero-order valence-corrected chi connectivity index (χ0v) is 12.3. The number of hydrogen-bond acceptors (Lipinski definition) is 4. The van der Waals surface area contributed by atoms with Gasteiger partial charge in [-0.15, -0.1) is 5.10 Å². The summed E-state index contributed by atoms with van der Waals surface area (Å²) < 4.78 is 7.07. The molecular formula is C17H17N3O2. The van der Waals surface area contributed by atoms with Crippen LogP contribution in [0.15, 0.2) is 54.6 Å². The third-order valence-corrected chi connectivity index (χ3v) is 3.47. The summed E-state index contributed by atoms with van der Waals surface area (Å²) in [5, 5.41) is 17.8. The van der Waals surface area contributed by atoms with E-state index in [-0.39, 0.29) is 6.61 Å². The Morgan fingerprint density at radius 3 is 2.64 bits per heavy atom. The Kier molecular flexibility index (Phi) is 4.16. The zero-order valence-electron chi connectivity index (χ0n) is 12.3. The van der Waals surface area contributed by atoms with E-state index in [2.05, 4.69) is 10.3 Å². The van der Waals surface area contributed by atoms with Crippen LogP contribution >= 0.6 is 0 Å². The Morgan fingerprint density at radius 1 is 1.09 bits per heavy atom. The second kappa shape index (κ2) is 6.41. The summed E-state index contributed by atoms with van der Waals surface area (Å²) in [6, 6.07) is 17.7. The highest BCUT2D eigenvalue weighted by molar-refractivity contribution is 5.63. The van der Waals surface area contributed by atoms with Gasteiger partial charge in [-0.2, -0.15) is 0 Å². The van der Waals surface area contributed by atoms with Crippen LogP contribution in [-0.4, -0.2) is 27.2 Å². The molecular weight excluding hydrogens is 278 g/mol. The van der Waals surface area contributed by atoms with Crippen molar-refractivity contribution >= 4 is 0 Å². The molecule has 0 saturated carbocycles. The SMILES string of the molecule is COc1cccc(-c2c(CO)nnn2Cc2ccccc2)c1. The molecule has 5 heteroatoms. The number of nitrogens with zero attached hydrogens (tertiary/aromatic N) is 3. The summed E-state index contributed by atoms with van der Waals surface area (Å²) in [6.07, 6.45) is 0. The quantitative estimate of drug-likeness (QED) is 0.785. The maximum absolute atomic E-state index is 9.54. The van der Waals surface area contributed by atoms with Crippen molar-refractivity contribution in [1.82, 2.24) is 15.0 Å². The van der Waals surface area contributed by atoms with E-state index in [4.69, 9.17) is 4.74 Å². The average molecular weight is 295 g/mol. The van der Waals surface area contributed by atoms with Crippen molar-refractivity contribution in [3.8, 4) is 17.0 Å². The lowest BCUT2D eigenvalue weighted by atomic mass is 10.1. The van der Waals surface area contributed by atoms with Crippen LogP contribution in [0.25, 0.3) is 11.3 Å². The van der Waals surface area contributed by atoms with Crippen molar-refractivity contribution in [1.29, 1.82) is 0 Å². The molecule has 1 aromatic heterocycles. The van der Waals surface area contributed by atoms with Crippen LogP contribution in [0.5, 0.6) is 5.75 Å². The van der Waals surface area contributed by atoms with Crippen LogP contribution in [0.2, 0.25) is 0 Å². The van der Waals surface area contributed by atoms with Crippen molar-refractivity contribution in [3.05, 3.63) is 65.9 Å². The molecule has 0 radical (unpaired) electrons. The maximum Gasteiger partial charge on any atom is 0.119 e. The van der Waals surface area contributed by atoms with Crippen LogP contribution in [-0.2, 0) is 13.2 Å². The molecule has 0 bridgehead atoms. The highest BCUT2D eigenvalue weighted by Gasteiger charge is 2.15. The van der Waals surface area contributed by atoms with E-state index in [0.717, 1.165) is 22.6 Å². The molecule has 1 heterocycles. The first-order chi connectivity index (χ1) is 10.8. The molecule has 3 aromatic rings. The van der Waals surface area contributed by atoms with Crippen LogP contribution in [0.4, 0.5) is 0 Å². The first kappa shape index (κ1) is 14.3. The number of benzene rings is 2. The lowest BCUT2D eigenvalue weighted by Gasteiger charge is -2.09. The Bertz CT molecular complexity index is 754. The standard InChI is InChI=1S/C17H17N3O2/c1-22-15-9-5-8-14(10-15)17-16(12-21)18-19-20(17)11-13-6-3-2-4-7-13/h2-10,21H,11-12H2,1H3. The Morgan fingerprint density at radius 2 is 1.91 bits per heavy atom. The lowest BCUT2D eigenvalue weighted by Crippen LogP contribution is -2.04. The molecule has 0 aliphatic heterocycles. The van der Waals surface area contributed by atoms with E-state index in [9.17, 15) is 5.11 Å². The maximum atomic E-state index is 9.54. The highest BCUT2D eigenvalue weighted by Crippen LogP contribution is 2.26. The van der Waals surface area contributed by atoms with Gasteiger partial charge in [-0.05, 0) is 17.7 Å². The molecule has 0 spiro atoms. The fraction of sp³-hybridized carbons (Fsp3) is 0.176. The van der Waals surface area contributed by atoms with Gasteiger partial charge in [0.1, 0.15) is 11.4 Å². The highest BCUT2D eigenvalue weighted by atomic mass is 16.5. The number of ether oxygens (including phenoxy) is 1. The smallest absolute Gasteiger partial charge is 0.119 e. The molecule has 0 atom stereocenters. The minimum absolute atomic E-state index is 0.151.